The van der Waals surface area contributed by atoms with Crippen molar-refractivity contribution >= 4 is 15.9 Å². The lowest BCUT2D eigenvalue weighted by atomic mass is 10.0. The molecule has 4 rings (SSSR count). The Labute approximate surface area is 186 Å². The summed E-state index contributed by atoms with van der Waals surface area (Å²) in [7, 11) is -3.50. The number of piperidine rings is 1. The predicted octanol–water partition coefficient (Wildman–Crippen LogP) is 1.47. The van der Waals surface area contributed by atoms with Gasteiger partial charge in [0.15, 0.2) is 0 Å². The number of fused-ring (bicyclic) bond motifs is 1. The number of carbonyl (C=O) groups excluding carboxylic acids is 1. The molecule has 172 valence electrons. The molecule has 0 bridgehead atoms. The number of piperazine rings is 1. The summed E-state index contributed by atoms with van der Waals surface area (Å²) < 4.78 is 27.7. The molecule has 1 aromatic carbocycles. The molecule has 0 radical (unpaired) electrons. The summed E-state index contributed by atoms with van der Waals surface area (Å²) in [6, 6.07) is 6.60. The van der Waals surface area contributed by atoms with Gasteiger partial charge in [0, 0.05) is 51.4 Å². The van der Waals surface area contributed by atoms with Gasteiger partial charge < -0.3 is 10.2 Å². The molecule has 1 aliphatic carbocycles. The Kier molecular flexibility index (Phi) is 7.01. The van der Waals surface area contributed by atoms with E-state index in [9.17, 15) is 13.2 Å². The van der Waals surface area contributed by atoms with Gasteiger partial charge in [0.05, 0.1) is 11.4 Å². The number of rotatable bonds is 6. The van der Waals surface area contributed by atoms with Gasteiger partial charge in [-0.2, -0.15) is 4.31 Å². The summed E-state index contributed by atoms with van der Waals surface area (Å²) in [4.78, 5) is 17.2. The number of aryl methyl sites for hydroxylation is 2. The van der Waals surface area contributed by atoms with E-state index in [4.69, 9.17) is 0 Å². The number of benzene rings is 1. The second-order valence-electron chi connectivity index (χ2n) is 9.44. The Morgan fingerprint density at radius 2 is 1.71 bits per heavy atom. The molecule has 0 atom stereocenters. The molecule has 8 heteroatoms. The minimum Gasteiger partial charge on any atom is -0.339 e. The molecule has 0 saturated carbocycles. The maximum atomic E-state index is 13.1. The zero-order valence-electron chi connectivity index (χ0n) is 18.8. The van der Waals surface area contributed by atoms with E-state index in [2.05, 4.69) is 24.1 Å². The fourth-order valence-corrected chi connectivity index (χ4v) is 6.53. The maximum Gasteiger partial charge on any atom is 0.243 e. The van der Waals surface area contributed by atoms with Crippen molar-refractivity contribution in [1.82, 2.24) is 19.4 Å². The molecule has 0 spiro atoms. The highest BCUT2D eigenvalue weighted by Gasteiger charge is 2.31. The number of likely N-dealkylation sites (tertiary alicyclic amines) is 1. The molecule has 31 heavy (non-hydrogen) atoms. The van der Waals surface area contributed by atoms with Crippen LogP contribution in [0.5, 0.6) is 0 Å². The van der Waals surface area contributed by atoms with Crippen molar-refractivity contribution in [3.8, 4) is 0 Å². The van der Waals surface area contributed by atoms with Crippen LogP contribution >= 0.6 is 0 Å². The quantitative estimate of drug-likeness (QED) is 0.714. The maximum absolute atomic E-state index is 13.1. The molecule has 0 aromatic heterocycles. The van der Waals surface area contributed by atoms with Crippen molar-refractivity contribution in [1.29, 1.82) is 0 Å². The van der Waals surface area contributed by atoms with Crippen LogP contribution in [0.1, 0.15) is 44.2 Å². The van der Waals surface area contributed by atoms with Gasteiger partial charge in [0.1, 0.15) is 0 Å². The zero-order valence-corrected chi connectivity index (χ0v) is 19.7. The second kappa shape index (κ2) is 9.57. The minimum absolute atomic E-state index is 0.116. The topological polar surface area (TPSA) is 73.0 Å². The standard InChI is InChI=1S/C23H36N4O3S/c1-18(2)24-21-8-10-25(11-9-21)17-23(28)26-12-14-27(15-13-26)31(29,30)22-7-6-19-4-3-5-20(19)16-22/h6-7,16,18,21,24H,3-5,8-15,17H2,1-2H3. The van der Waals surface area contributed by atoms with E-state index in [1.54, 1.807) is 6.07 Å². The Morgan fingerprint density at radius 1 is 1.03 bits per heavy atom. The van der Waals surface area contributed by atoms with Gasteiger partial charge in [-0.25, -0.2) is 8.42 Å². The smallest absolute Gasteiger partial charge is 0.243 e. The van der Waals surface area contributed by atoms with E-state index in [0.717, 1.165) is 45.2 Å². The molecular weight excluding hydrogens is 412 g/mol. The lowest BCUT2D eigenvalue weighted by Gasteiger charge is -2.37. The third-order valence-corrected chi connectivity index (χ3v) is 8.71. The number of nitrogens with one attached hydrogen (secondary N) is 1. The molecule has 1 amide bonds. The van der Waals surface area contributed by atoms with Crippen LogP contribution in [-0.2, 0) is 27.7 Å². The van der Waals surface area contributed by atoms with E-state index in [-0.39, 0.29) is 5.91 Å². The highest BCUT2D eigenvalue weighted by atomic mass is 32.2. The van der Waals surface area contributed by atoms with Crippen LogP contribution in [0.25, 0.3) is 0 Å². The van der Waals surface area contributed by atoms with Crippen LogP contribution in [0.2, 0.25) is 0 Å². The first-order chi connectivity index (χ1) is 14.8. The van der Waals surface area contributed by atoms with Gasteiger partial charge in [-0.15, -0.1) is 0 Å². The van der Waals surface area contributed by atoms with Crippen molar-refractivity contribution in [2.45, 2.75) is 62.9 Å². The van der Waals surface area contributed by atoms with Gasteiger partial charge in [-0.3, -0.25) is 9.69 Å². The van der Waals surface area contributed by atoms with Crippen molar-refractivity contribution in [2.24, 2.45) is 0 Å². The number of hydrogen-bond donors (Lipinski definition) is 1. The molecule has 2 saturated heterocycles. The van der Waals surface area contributed by atoms with E-state index < -0.39 is 10.0 Å². The molecule has 1 aromatic rings. The van der Waals surface area contributed by atoms with Crippen molar-refractivity contribution in [3.05, 3.63) is 29.3 Å². The molecule has 2 aliphatic heterocycles. The fraction of sp³-hybridized carbons (Fsp3) is 0.696. The van der Waals surface area contributed by atoms with Crippen LogP contribution in [0.4, 0.5) is 0 Å². The lowest BCUT2D eigenvalue weighted by Crippen LogP contribution is -2.53. The summed E-state index contributed by atoms with van der Waals surface area (Å²) in [5.41, 5.74) is 2.45. The molecule has 7 nitrogen and oxygen atoms in total. The van der Waals surface area contributed by atoms with Crippen LogP contribution in [0.15, 0.2) is 23.1 Å². The summed E-state index contributed by atoms with van der Waals surface area (Å²) in [5.74, 6) is 0.116. The average Bonchev–Trinajstić information content (AvgIpc) is 3.23. The molecule has 3 aliphatic rings. The Balaban J connectivity index is 1.27. The van der Waals surface area contributed by atoms with Crippen molar-refractivity contribution < 1.29 is 13.2 Å². The summed E-state index contributed by atoms with van der Waals surface area (Å²) >= 11 is 0. The van der Waals surface area contributed by atoms with Crippen LogP contribution < -0.4 is 5.32 Å². The predicted molar refractivity (Wildman–Crippen MR) is 122 cm³/mol. The van der Waals surface area contributed by atoms with Crippen LogP contribution in [-0.4, -0.2) is 86.3 Å². The molecule has 1 N–H and O–H groups in total. The largest absolute Gasteiger partial charge is 0.339 e. The van der Waals surface area contributed by atoms with Crippen LogP contribution in [0.3, 0.4) is 0 Å². The number of hydrogen-bond acceptors (Lipinski definition) is 5. The Bertz CT molecular complexity index is 886. The van der Waals surface area contributed by atoms with Gasteiger partial charge in [-0.05, 0) is 55.4 Å². The second-order valence-corrected chi connectivity index (χ2v) is 11.4. The van der Waals surface area contributed by atoms with E-state index >= 15 is 0 Å². The molecule has 2 heterocycles. The van der Waals surface area contributed by atoms with Crippen molar-refractivity contribution in [3.63, 3.8) is 0 Å². The first-order valence-corrected chi connectivity index (χ1v) is 13.1. The van der Waals surface area contributed by atoms with Gasteiger partial charge in [-0.1, -0.05) is 19.9 Å². The normalized spacial score (nSPS) is 21.6. The summed E-state index contributed by atoms with van der Waals surface area (Å²) in [5, 5.41) is 3.58. The van der Waals surface area contributed by atoms with Gasteiger partial charge in [0.2, 0.25) is 15.9 Å². The SMILES string of the molecule is CC(C)NC1CCN(CC(=O)N2CCN(S(=O)(=O)c3ccc4c(c3)CCC4)CC2)CC1. The fourth-order valence-electron chi connectivity index (χ4n) is 5.06. The van der Waals surface area contributed by atoms with Gasteiger partial charge in [0.25, 0.3) is 0 Å². The van der Waals surface area contributed by atoms with Gasteiger partial charge >= 0.3 is 0 Å². The third-order valence-electron chi connectivity index (χ3n) is 6.81. The molecular formula is C23H36N4O3S. The highest BCUT2D eigenvalue weighted by molar-refractivity contribution is 7.89. The molecule has 2 fully saturated rings. The first-order valence-electron chi connectivity index (χ1n) is 11.7. The average molecular weight is 449 g/mol. The Hall–Kier alpha value is -1.48. The van der Waals surface area contributed by atoms with E-state index in [1.807, 2.05) is 17.0 Å². The molecule has 0 unspecified atom stereocenters. The first kappa shape index (κ1) is 22.7. The minimum atomic E-state index is -3.50. The summed E-state index contributed by atoms with van der Waals surface area (Å²) in [6.07, 6.45) is 5.25. The van der Waals surface area contributed by atoms with Crippen LogP contribution in [0, 0.1) is 0 Å². The lowest BCUT2D eigenvalue weighted by molar-refractivity contribution is -0.133. The number of carbonyl (C=O) groups is 1. The zero-order chi connectivity index (χ0) is 22.0. The number of sulfonamides is 1. The monoisotopic (exact) mass is 448 g/mol. The summed E-state index contributed by atoms with van der Waals surface area (Å²) in [6.45, 7) is 8.30. The highest BCUT2D eigenvalue weighted by Crippen LogP contribution is 2.26. The number of amides is 1. The van der Waals surface area contributed by atoms with E-state index in [1.165, 1.54) is 15.4 Å². The van der Waals surface area contributed by atoms with E-state index in [0.29, 0.717) is 49.7 Å². The Morgan fingerprint density at radius 3 is 2.39 bits per heavy atom. The van der Waals surface area contributed by atoms with Crippen molar-refractivity contribution in [2.75, 3.05) is 45.8 Å². The number of nitrogens with zero attached hydrogens (tertiary/aromatic N) is 3. The third kappa shape index (κ3) is 5.30.